The largest absolute Gasteiger partial charge is 0.507 e. The number of amides is 1. The van der Waals surface area contributed by atoms with Gasteiger partial charge in [-0.3, -0.25) is 4.79 Å². The van der Waals surface area contributed by atoms with Gasteiger partial charge in [0.05, 0.1) is 16.3 Å². The Hall–Kier alpha value is -2.54. The third kappa shape index (κ3) is 5.73. The Bertz CT molecular complexity index is 1070. The van der Waals surface area contributed by atoms with E-state index in [0.29, 0.717) is 31.4 Å². The van der Waals surface area contributed by atoms with Crippen LogP contribution in [0.2, 0.25) is 10.0 Å². The maximum atomic E-state index is 12.5. The van der Waals surface area contributed by atoms with Gasteiger partial charge in [-0.05, 0) is 64.0 Å². The van der Waals surface area contributed by atoms with Crippen molar-refractivity contribution >= 4 is 51.3 Å². The normalized spacial score (nSPS) is 10.9. The van der Waals surface area contributed by atoms with E-state index in [9.17, 15) is 9.90 Å². The van der Waals surface area contributed by atoms with Crippen LogP contribution in [-0.4, -0.2) is 17.2 Å². The molecule has 0 radical (unpaired) electrons. The van der Waals surface area contributed by atoms with Crippen LogP contribution in [0, 0.1) is 0 Å². The van der Waals surface area contributed by atoms with Crippen LogP contribution in [0.15, 0.2) is 70.2 Å². The van der Waals surface area contributed by atoms with E-state index in [2.05, 4.69) is 26.5 Å². The first kappa shape index (κ1) is 21.2. The third-order valence-corrected chi connectivity index (χ3v) is 5.10. The van der Waals surface area contributed by atoms with Crippen molar-refractivity contribution in [3.63, 3.8) is 0 Å². The number of hydrazone groups is 1. The lowest BCUT2D eigenvalue weighted by molar-refractivity contribution is 0.0950. The fourth-order valence-corrected chi connectivity index (χ4v) is 3.26. The van der Waals surface area contributed by atoms with E-state index >= 15 is 0 Å². The molecule has 0 fully saturated rings. The highest BCUT2D eigenvalue weighted by Gasteiger charge is 2.12. The van der Waals surface area contributed by atoms with Crippen LogP contribution in [0.25, 0.3) is 0 Å². The van der Waals surface area contributed by atoms with Crippen LogP contribution in [0.5, 0.6) is 11.5 Å². The van der Waals surface area contributed by atoms with Crippen molar-refractivity contribution in [2.75, 3.05) is 0 Å². The van der Waals surface area contributed by atoms with Crippen LogP contribution >= 0.6 is 39.1 Å². The van der Waals surface area contributed by atoms with Crippen molar-refractivity contribution in [3.8, 4) is 11.5 Å². The predicted molar refractivity (Wildman–Crippen MR) is 118 cm³/mol. The number of carbonyl (C=O) groups excluding carboxylic acids is 1. The van der Waals surface area contributed by atoms with E-state index in [1.54, 1.807) is 54.6 Å². The number of hydrogen-bond donors (Lipinski definition) is 2. The first-order valence-electron chi connectivity index (χ1n) is 8.41. The number of benzene rings is 3. The van der Waals surface area contributed by atoms with Crippen molar-refractivity contribution in [1.82, 2.24) is 5.43 Å². The molecule has 0 heterocycles. The molecule has 1 amide bonds. The molecule has 2 N–H and O–H groups in total. The SMILES string of the molecule is O=C(N/N=C/c1ccc(O)c(Br)c1)c1ccccc1OCc1ccc(Cl)cc1Cl. The van der Waals surface area contributed by atoms with E-state index in [1.807, 2.05) is 0 Å². The second-order valence-electron chi connectivity index (χ2n) is 5.93. The van der Waals surface area contributed by atoms with Gasteiger partial charge in [0.1, 0.15) is 18.1 Å². The molecule has 29 heavy (non-hydrogen) atoms. The first-order valence-corrected chi connectivity index (χ1v) is 9.96. The highest BCUT2D eigenvalue weighted by atomic mass is 79.9. The predicted octanol–water partition coefficient (Wildman–Crippen LogP) is 5.80. The summed E-state index contributed by atoms with van der Waals surface area (Å²) in [4.78, 5) is 12.5. The average molecular weight is 494 g/mol. The van der Waals surface area contributed by atoms with E-state index in [-0.39, 0.29) is 12.4 Å². The minimum atomic E-state index is -0.420. The Morgan fingerprint density at radius 2 is 1.93 bits per heavy atom. The Kier molecular flexibility index (Phi) is 7.14. The summed E-state index contributed by atoms with van der Waals surface area (Å²) in [5.74, 6) is 0.105. The van der Waals surface area contributed by atoms with Gasteiger partial charge < -0.3 is 9.84 Å². The van der Waals surface area contributed by atoms with Gasteiger partial charge in [-0.15, -0.1) is 0 Å². The molecular formula is C21H15BrCl2N2O3. The van der Waals surface area contributed by atoms with Gasteiger partial charge in [-0.2, -0.15) is 5.10 Å². The van der Waals surface area contributed by atoms with Gasteiger partial charge in [0.25, 0.3) is 5.91 Å². The Morgan fingerprint density at radius 1 is 1.14 bits per heavy atom. The number of nitrogens with zero attached hydrogens (tertiary/aromatic N) is 1. The molecule has 3 aromatic carbocycles. The molecule has 0 bridgehead atoms. The van der Waals surface area contributed by atoms with Crippen molar-refractivity contribution in [2.45, 2.75) is 6.61 Å². The van der Waals surface area contributed by atoms with Crippen LogP contribution in [-0.2, 0) is 6.61 Å². The lowest BCUT2D eigenvalue weighted by atomic mass is 10.2. The van der Waals surface area contributed by atoms with Crippen molar-refractivity contribution in [2.24, 2.45) is 5.10 Å². The van der Waals surface area contributed by atoms with E-state index in [4.69, 9.17) is 27.9 Å². The molecule has 0 aliphatic carbocycles. The summed E-state index contributed by atoms with van der Waals surface area (Å²) < 4.78 is 6.32. The van der Waals surface area contributed by atoms with Gasteiger partial charge in [0.15, 0.2) is 0 Å². The summed E-state index contributed by atoms with van der Waals surface area (Å²) in [6.07, 6.45) is 1.47. The van der Waals surface area contributed by atoms with Crippen LogP contribution in [0.3, 0.4) is 0 Å². The molecule has 0 spiro atoms. The standard InChI is InChI=1S/C21H15BrCl2N2O3/c22-17-9-13(5-8-19(17)27)11-25-26-21(28)16-3-1-2-4-20(16)29-12-14-6-7-15(23)10-18(14)24/h1-11,27H,12H2,(H,26,28)/b25-11+. The fraction of sp³-hybridized carbons (Fsp3) is 0.0476. The summed E-state index contributed by atoms with van der Waals surface area (Å²) in [5, 5.41) is 14.5. The summed E-state index contributed by atoms with van der Waals surface area (Å²) in [5.41, 5.74) is 4.26. The molecule has 0 saturated carbocycles. The van der Waals surface area contributed by atoms with Gasteiger partial charge in [0.2, 0.25) is 0 Å². The van der Waals surface area contributed by atoms with Crippen molar-refractivity contribution in [1.29, 1.82) is 0 Å². The second kappa shape index (κ2) is 9.78. The summed E-state index contributed by atoms with van der Waals surface area (Å²) in [6.45, 7) is 0.186. The highest BCUT2D eigenvalue weighted by Crippen LogP contribution is 2.25. The molecule has 0 unspecified atom stereocenters. The number of carbonyl (C=O) groups is 1. The number of phenols is 1. The lowest BCUT2D eigenvalue weighted by Crippen LogP contribution is -2.18. The lowest BCUT2D eigenvalue weighted by Gasteiger charge is -2.11. The maximum absolute atomic E-state index is 12.5. The minimum absolute atomic E-state index is 0.123. The Labute approximate surface area is 186 Å². The van der Waals surface area contributed by atoms with Gasteiger partial charge >= 0.3 is 0 Å². The molecule has 0 saturated heterocycles. The van der Waals surface area contributed by atoms with E-state index < -0.39 is 5.91 Å². The highest BCUT2D eigenvalue weighted by molar-refractivity contribution is 9.10. The number of halogens is 3. The van der Waals surface area contributed by atoms with Gasteiger partial charge in [-0.25, -0.2) is 5.43 Å². The smallest absolute Gasteiger partial charge is 0.275 e. The van der Waals surface area contributed by atoms with E-state index in [0.717, 1.165) is 5.56 Å². The quantitative estimate of drug-likeness (QED) is 0.336. The number of rotatable bonds is 6. The van der Waals surface area contributed by atoms with Crippen LogP contribution in [0.4, 0.5) is 0 Å². The number of phenolic OH excluding ortho intramolecular Hbond substituents is 1. The minimum Gasteiger partial charge on any atom is -0.507 e. The average Bonchev–Trinajstić information content (AvgIpc) is 2.70. The zero-order valence-corrected chi connectivity index (χ0v) is 18.0. The summed E-state index contributed by atoms with van der Waals surface area (Å²) in [6, 6.07) is 16.8. The second-order valence-corrected chi connectivity index (χ2v) is 7.63. The van der Waals surface area contributed by atoms with E-state index in [1.165, 1.54) is 12.3 Å². The zero-order chi connectivity index (χ0) is 20.8. The van der Waals surface area contributed by atoms with Crippen LogP contribution < -0.4 is 10.2 Å². The fourth-order valence-electron chi connectivity index (χ4n) is 2.40. The maximum Gasteiger partial charge on any atom is 0.275 e. The number of nitrogens with one attached hydrogen (secondary N) is 1. The molecule has 148 valence electrons. The molecule has 5 nitrogen and oxygen atoms in total. The molecule has 0 aromatic heterocycles. The molecule has 0 aliphatic heterocycles. The Balaban J connectivity index is 1.68. The molecular weight excluding hydrogens is 479 g/mol. The third-order valence-electron chi connectivity index (χ3n) is 3.88. The van der Waals surface area contributed by atoms with Gasteiger partial charge in [0, 0.05) is 15.6 Å². The molecule has 8 heteroatoms. The molecule has 3 aromatic rings. The summed E-state index contributed by atoms with van der Waals surface area (Å²) >= 11 is 15.3. The topological polar surface area (TPSA) is 70.9 Å². The van der Waals surface area contributed by atoms with Crippen molar-refractivity contribution in [3.05, 3.63) is 91.9 Å². The molecule has 0 atom stereocenters. The number of aromatic hydroxyl groups is 1. The Morgan fingerprint density at radius 3 is 2.69 bits per heavy atom. The summed E-state index contributed by atoms with van der Waals surface area (Å²) in [7, 11) is 0. The number of ether oxygens (including phenoxy) is 1. The zero-order valence-electron chi connectivity index (χ0n) is 14.9. The monoisotopic (exact) mass is 492 g/mol. The van der Waals surface area contributed by atoms with Gasteiger partial charge in [-0.1, -0.05) is 41.4 Å². The number of hydrogen-bond acceptors (Lipinski definition) is 4. The molecule has 0 aliphatic rings. The van der Waals surface area contributed by atoms with Crippen molar-refractivity contribution < 1.29 is 14.6 Å². The van der Waals surface area contributed by atoms with Crippen LogP contribution in [0.1, 0.15) is 21.5 Å². The molecule has 3 rings (SSSR count). The number of para-hydroxylation sites is 1. The first-order chi connectivity index (χ1) is 13.9.